The summed E-state index contributed by atoms with van der Waals surface area (Å²) >= 11 is 6.19. The van der Waals surface area contributed by atoms with Gasteiger partial charge in [-0.1, -0.05) is 37.1 Å². The van der Waals surface area contributed by atoms with Gasteiger partial charge in [-0.05, 0) is 48.6 Å². The molecule has 2 heterocycles. The lowest BCUT2D eigenvalue weighted by Crippen LogP contribution is -2.45. The molecule has 0 amide bonds. The number of carbonyl (C=O) groups is 1. The second kappa shape index (κ2) is 10.6. The van der Waals surface area contributed by atoms with E-state index in [0.29, 0.717) is 53.7 Å². The highest BCUT2D eigenvalue weighted by atomic mass is 35.5. The lowest BCUT2D eigenvalue weighted by Gasteiger charge is -2.42. The van der Waals surface area contributed by atoms with Crippen molar-refractivity contribution in [3.8, 4) is 11.5 Å². The molecular formula is C28H30ClFO5. The minimum absolute atomic E-state index is 0.0902. The third-order valence-electron chi connectivity index (χ3n) is 7.18. The first-order valence-corrected chi connectivity index (χ1v) is 12.8. The van der Waals surface area contributed by atoms with Gasteiger partial charge in [-0.25, -0.2) is 4.39 Å². The Hall–Kier alpha value is -2.57. The summed E-state index contributed by atoms with van der Waals surface area (Å²) in [5.41, 5.74) is 1.70. The zero-order chi connectivity index (χ0) is 24.4. The van der Waals surface area contributed by atoms with Crippen LogP contribution in [0.4, 0.5) is 4.39 Å². The molecule has 1 saturated carbocycles. The number of fused-ring (bicyclic) bond motifs is 2. The lowest BCUT2D eigenvalue weighted by atomic mass is 9.71. The van der Waals surface area contributed by atoms with Crippen LogP contribution in [0.1, 0.15) is 50.2 Å². The highest BCUT2D eigenvalue weighted by Gasteiger charge is 2.44. The van der Waals surface area contributed by atoms with Crippen LogP contribution in [0.5, 0.6) is 11.5 Å². The molecule has 5 nitrogen and oxygen atoms in total. The summed E-state index contributed by atoms with van der Waals surface area (Å²) in [7, 11) is 0. The van der Waals surface area contributed by atoms with Crippen LogP contribution in [0, 0.1) is 17.7 Å². The molecule has 4 atom stereocenters. The highest BCUT2D eigenvalue weighted by molar-refractivity contribution is 6.31. The first kappa shape index (κ1) is 24.1. The number of ketones is 1. The van der Waals surface area contributed by atoms with Crippen LogP contribution in [0.25, 0.3) is 5.57 Å². The van der Waals surface area contributed by atoms with Gasteiger partial charge >= 0.3 is 0 Å². The summed E-state index contributed by atoms with van der Waals surface area (Å²) in [6, 6.07) is 10.2. The van der Waals surface area contributed by atoms with Crippen LogP contribution in [-0.2, 0) is 20.9 Å². The van der Waals surface area contributed by atoms with Crippen molar-refractivity contribution in [1.29, 1.82) is 0 Å². The number of benzene rings is 2. The Morgan fingerprint density at radius 2 is 1.94 bits per heavy atom. The summed E-state index contributed by atoms with van der Waals surface area (Å²) in [5.74, 6) is 1.02. The number of halogens is 2. The zero-order valence-electron chi connectivity index (χ0n) is 19.8. The number of hydrogen-bond donors (Lipinski definition) is 0. The maximum atomic E-state index is 14.2. The first-order valence-electron chi connectivity index (χ1n) is 12.4. The van der Waals surface area contributed by atoms with Crippen molar-refractivity contribution in [3.63, 3.8) is 0 Å². The number of Topliss-reactive ketones (excluding diaryl/α,β-unsaturated/α-hetero) is 1. The van der Waals surface area contributed by atoms with Gasteiger partial charge in [0.25, 0.3) is 0 Å². The van der Waals surface area contributed by atoms with E-state index < -0.39 is 0 Å². The average molecular weight is 501 g/mol. The third kappa shape index (κ3) is 5.05. The van der Waals surface area contributed by atoms with Gasteiger partial charge in [0.05, 0.1) is 43.7 Å². The predicted molar refractivity (Wildman–Crippen MR) is 131 cm³/mol. The summed E-state index contributed by atoms with van der Waals surface area (Å²) in [6.07, 6.45) is 5.16. The highest BCUT2D eigenvalue weighted by Crippen LogP contribution is 2.43. The van der Waals surface area contributed by atoms with Gasteiger partial charge in [-0.2, -0.15) is 0 Å². The molecule has 186 valence electrons. The average Bonchev–Trinajstić information content (AvgIpc) is 3.10. The SMILES string of the molecule is CCCC1CC2C(=O)C(c3ccc4c(c3)OCCCO4)=COC2CC1OCc1c(F)cccc1Cl. The van der Waals surface area contributed by atoms with E-state index >= 15 is 0 Å². The van der Waals surface area contributed by atoms with Crippen molar-refractivity contribution in [2.75, 3.05) is 13.2 Å². The number of carbonyl (C=O) groups excluding carboxylic acids is 1. The Morgan fingerprint density at radius 3 is 2.74 bits per heavy atom. The molecule has 5 rings (SSSR count). The molecule has 0 saturated heterocycles. The summed E-state index contributed by atoms with van der Waals surface area (Å²) < 4.78 is 38.1. The maximum Gasteiger partial charge on any atom is 0.173 e. The standard InChI is InChI=1S/C28H30ClFO5/c1-2-5-18-12-19-26(14-25(18)34-16-21-22(29)6-3-7-23(21)30)35-15-20(28(19)31)17-8-9-24-27(13-17)33-11-4-10-32-24/h3,6-9,13,15,18-19,25-26H,2,4-5,10-12,14,16H2,1H3. The van der Waals surface area contributed by atoms with E-state index in [9.17, 15) is 9.18 Å². The van der Waals surface area contributed by atoms with Crippen molar-refractivity contribution in [2.45, 2.75) is 57.8 Å². The molecule has 1 fully saturated rings. The van der Waals surface area contributed by atoms with E-state index in [0.717, 1.165) is 24.8 Å². The second-order valence-corrected chi connectivity index (χ2v) is 9.87. The van der Waals surface area contributed by atoms with E-state index in [1.165, 1.54) is 6.07 Å². The summed E-state index contributed by atoms with van der Waals surface area (Å²) in [6.45, 7) is 3.42. The van der Waals surface area contributed by atoms with Gasteiger partial charge in [-0.15, -0.1) is 0 Å². The Bertz CT molecular complexity index is 1100. The van der Waals surface area contributed by atoms with Gasteiger partial charge in [0.15, 0.2) is 17.3 Å². The van der Waals surface area contributed by atoms with Gasteiger partial charge < -0.3 is 18.9 Å². The predicted octanol–water partition coefficient (Wildman–Crippen LogP) is 6.36. The molecule has 35 heavy (non-hydrogen) atoms. The van der Waals surface area contributed by atoms with Gasteiger partial charge in [-0.3, -0.25) is 4.79 Å². The molecule has 0 bridgehead atoms. The second-order valence-electron chi connectivity index (χ2n) is 9.46. The molecule has 1 aliphatic carbocycles. The number of allylic oxidation sites excluding steroid dienone is 1. The topological polar surface area (TPSA) is 54.0 Å². The summed E-state index contributed by atoms with van der Waals surface area (Å²) in [4.78, 5) is 13.6. The van der Waals surface area contributed by atoms with Crippen LogP contribution in [-0.4, -0.2) is 31.2 Å². The molecular weight excluding hydrogens is 471 g/mol. The van der Waals surface area contributed by atoms with Crippen LogP contribution in [0.2, 0.25) is 5.02 Å². The van der Waals surface area contributed by atoms with Crippen LogP contribution in [0.15, 0.2) is 42.7 Å². The van der Waals surface area contributed by atoms with Gasteiger partial charge in [0.2, 0.25) is 0 Å². The minimum Gasteiger partial charge on any atom is -0.496 e. The fraction of sp³-hybridized carbons (Fsp3) is 0.464. The Morgan fingerprint density at radius 1 is 1.11 bits per heavy atom. The van der Waals surface area contributed by atoms with Crippen LogP contribution in [0.3, 0.4) is 0 Å². The van der Waals surface area contributed by atoms with E-state index in [2.05, 4.69) is 6.92 Å². The molecule has 2 aromatic carbocycles. The van der Waals surface area contributed by atoms with Crippen LogP contribution < -0.4 is 9.47 Å². The third-order valence-corrected chi connectivity index (χ3v) is 7.53. The minimum atomic E-state index is -0.370. The van der Waals surface area contributed by atoms with Gasteiger partial charge in [0.1, 0.15) is 11.9 Å². The molecule has 2 aromatic rings. The zero-order valence-corrected chi connectivity index (χ0v) is 20.6. The van der Waals surface area contributed by atoms with Crippen molar-refractivity contribution >= 4 is 23.0 Å². The van der Waals surface area contributed by atoms with Crippen molar-refractivity contribution in [2.24, 2.45) is 11.8 Å². The van der Waals surface area contributed by atoms with Crippen molar-refractivity contribution < 1.29 is 28.1 Å². The molecule has 4 unspecified atom stereocenters. The Balaban J connectivity index is 1.33. The normalized spacial score (nSPS) is 25.8. The number of ether oxygens (including phenoxy) is 4. The maximum absolute atomic E-state index is 14.2. The molecule has 3 aliphatic rings. The number of rotatable bonds is 6. The van der Waals surface area contributed by atoms with E-state index in [-0.39, 0.29) is 42.3 Å². The van der Waals surface area contributed by atoms with E-state index in [1.807, 2.05) is 18.2 Å². The molecule has 2 aliphatic heterocycles. The lowest BCUT2D eigenvalue weighted by molar-refractivity contribution is -0.133. The fourth-order valence-electron chi connectivity index (χ4n) is 5.34. The quantitative estimate of drug-likeness (QED) is 0.462. The van der Waals surface area contributed by atoms with E-state index in [4.69, 9.17) is 30.5 Å². The molecule has 0 aromatic heterocycles. The molecule has 0 spiro atoms. The van der Waals surface area contributed by atoms with Crippen LogP contribution >= 0.6 is 11.6 Å². The van der Waals surface area contributed by atoms with E-state index in [1.54, 1.807) is 18.4 Å². The molecule has 0 radical (unpaired) electrons. The summed E-state index contributed by atoms with van der Waals surface area (Å²) in [5, 5.41) is 0.359. The van der Waals surface area contributed by atoms with Crippen molar-refractivity contribution in [3.05, 3.63) is 64.6 Å². The first-order chi connectivity index (χ1) is 17.0. The smallest absolute Gasteiger partial charge is 0.173 e. The molecule has 0 N–H and O–H groups in total. The Kier molecular flexibility index (Phi) is 7.30. The monoisotopic (exact) mass is 500 g/mol. The largest absolute Gasteiger partial charge is 0.496 e. The number of hydrogen-bond acceptors (Lipinski definition) is 5. The Labute approximate surface area is 210 Å². The fourth-order valence-corrected chi connectivity index (χ4v) is 5.55. The van der Waals surface area contributed by atoms with Crippen molar-refractivity contribution in [1.82, 2.24) is 0 Å². The molecule has 7 heteroatoms. The van der Waals surface area contributed by atoms with Gasteiger partial charge in [0, 0.05) is 23.4 Å².